The quantitative estimate of drug-likeness (QED) is 0.863. The second-order valence-electron chi connectivity index (χ2n) is 6.98. The largest absolute Gasteiger partial charge is 0.338 e. The topological polar surface area (TPSA) is 35.6 Å². The number of hydrogen-bond donors (Lipinski definition) is 1. The zero-order valence-electron chi connectivity index (χ0n) is 13.4. The van der Waals surface area contributed by atoms with Crippen LogP contribution in [0.3, 0.4) is 0 Å². The lowest BCUT2D eigenvalue weighted by atomic mass is 9.97. The first-order valence-corrected chi connectivity index (χ1v) is 8.33. The monoisotopic (exact) mass is 281 g/mol. The molecule has 0 radical (unpaired) electrons. The Morgan fingerprint density at radius 2 is 1.95 bits per heavy atom. The molecule has 4 heteroatoms. The molecule has 2 heterocycles. The fourth-order valence-electron chi connectivity index (χ4n) is 3.45. The molecule has 116 valence electrons. The van der Waals surface area contributed by atoms with Gasteiger partial charge in [0.1, 0.15) is 0 Å². The van der Waals surface area contributed by atoms with E-state index in [9.17, 15) is 4.79 Å². The molecule has 1 N–H and O–H groups in total. The molecule has 0 aromatic heterocycles. The third-order valence-corrected chi connectivity index (χ3v) is 4.77. The molecule has 2 aliphatic rings. The number of urea groups is 1. The van der Waals surface area contributed by atoms with E-state index in [0.717, 1.165) is 32.6 Å². The summed E-state index contributed by atoms with van der Waals surface area (Å²) in [6, 6.07) is 0.773. The van der Waals surface area contributed by atoms with Crippen molar-refractivity contribution in [2.75, 3.05) is 32.7 Å². The minimum absolute atomic E-state index is 0.151. The van der Waals surface area contributed by atoms with Crippen molar-refractivity contribution in [2.24, 2.45) is 11.8 Å². The van der Waals surface area contributed by atoms with Gasteiger partial charge in [-0.2, -0.15) is 0 Å². The SMILES string of the molecule is CC(C)N1CCC[C@@H](CNC(=O)N2CCC[C@H](C)C2)C1. The van der Waals surface area contributed by atoms with Gasteiger partial charge in [0.2, 0.25) is 0 Å². The van der Waals surface area contributed by atoms with Gasteiger partial charge in [0.15, 0.2) is 0 Å². The lowest BCUT2D eigenvalue weighted by molar-refractivity contribution is 0.134. The Morgan fingerprint density at radius 3 is 2.65 bits per heavy atom. The van der Waals surface area contributed by atoms with Crippen LogP contribution in [0, 0.1) is 11.8 Å². The highest BCUT2D eigenvalue weighted by Gasteiger charge is 2.24. The maximum atomic E-state index is 12.2. The normalized spacial score (nSPS) is 28.7. The van der Waals surface area contributed by atoms with Crippen LogP contribution < -0.4 is 5.32 Å². The molecule has 2 rings (SSSR count). The smallest absolute Gasteiger partial charge is 0.317 e. The summed E-state index contributed by atoms with van der Waals surface area (Å²) in [6.07, 6.45) is 4.92. The third-order valence-electron chi connectivity index (χ3n) is 4.77. The van der Waals surface area contributed by atoms with E-state index < -0.39 is 0 Å². The molecule has 2 atom stereocenters. The molecule has 4 nitrogen and oxygen atoms in total. The number of carbonyl (C=O) groups excluding carboxylic acids is 1. The van der Waals surface area contributed by atoms with Crippen molar-refractivity contribution in [3.05, 3.63) is 0 Å². The Hall–Kier alpha value is -0.770. The highest BCUT2D eigenvalue weighted by atomic mass is 16.2. The Bertz CT molecular complexity index is 319. The Balaban J connectivity index is 1.72. The molecule has 0 spiro atoms. The van der Waals surface area contributed by atoms with Crippen LogP contribution in [0.2, 0.25) is 0 Å². The summed E-state index contributed by atoms with van der Waals surface area (Å²) in [6.45, 7) is 11.8. The Morgan fingerprint density at radius 1 is 1.20 bits per heavy atom. The van der Waals surface area contributed by atoms with E-state index in [2.05, 4.69) is 31.0 Å². The van der Waals surface area contributed by atoms with Crippen molar-refractivity contribution in [1.82, 2.24) is 15.1 Å². The number of nitrogens with zero attached hydrogens (tertiary/aromatic N) is 2. The van der Waals surface area contributed by atoms with Crippen molar-refractivity contribution in [3.63, 3.8) is 0 Å². The third kappa shape index (κ3) is 4.37. The average molecular weight is 281 g/mol. The Kier molecular flexibility index (Phi) is 5.70. The van der Waals surface area contributed by atoms with Gasteiger partial charge in [-0.25, -0.2) is 4.79 Å². The van der Waals surface area contributed by atoms with Crippen LogP contribution in [0.1, 0.15) is 46.5 Å². The van der Waals surface area contributed by atoms with E-state index in [1.165, 1.54) is 25.8 Å². The van der Waals surface area contributed by atoms with Crippen LogP contribution in [0.4, 0.5) is 4.79 Å². The van der Waals surface area contributed by atoms with Gasteiger partial charge in [-0.05, 0) is 57.9 Å². The molecule has 0 unspecified atom stereocenters. The highest BCUT2D eigenvalue weighted by molar-refractivity contribution is 5.74. The number of likely N-dealkylation sites (tertiary alicyclic amines) is 2. The molecular weight excluding hydrogens is 250 g/mol. The average Bonchev–Trinajstić information content (AvgIpc) is 2.45. The minimum atomic E-state index is 0.151. The summed E-state index contributed by atoms with van der Waals surface area (Å²) in [7, 11) is 0. The van der Waals surface area contributed by atoms with Gasteiger partial charge in [-0.3, -0.25) is 0 Å². The van der Waals surface area contributed by atoms with Gasteiger partial charge in [0.05, 0.1) is 0 Å². The minimum Gasteiger partial charge on any atom is -0.338 e. The van der Waals surface area contributed by atoms with E-state index >= 15 is 0 Å². The number of nitrogens with one attached hydrogen (secondary N) is 1. The molecule has 0 aromatic rings. The van der Waals surface area contributed by atoms with Crippen molar-refractivity contribution < 1.29 is 4.79 Å². The van der Waals surface area contributed by atoms with Gasteiger partial charge in [-0.15, -0.1) is 0 Å². The predicted molar refractivity (Wildman–Crippen MR) is 82.8 cm³/mol. The molecular formula is C16H31N3O. The van der Waals surface area contributed by atoms with Gasteiger partial charge in [-0.1, -0.05) is 6.92 Å². The van der Waals surface area contributed by atoms with E-state index in [0.29, 0.717) is 17.9 Å². The number of piperidine rings is 2. The number of carbonyl (C=O) groups is 1. The van der Waals surface area contributed by atoms with E-state index in [1.54, 1.807) is 0 Å². The first kappa shape index (κ1) is 15.6. The van der Waals surface area contributed by atoms with E-state index in [4.69, 9.17) is 0 Å². The van der Waals surface area contributed by atoms with Gasteiger partial charge >= 0.3 is 6.03 Å². The maximum Gasteiger partial charge on any atom is 0.317 e. The van der Waals surface area contributed by atoms with Crippen LogP contribution in [0.15, 0.2) is 0 Å². The molecule has 2 fully saturated rings. The second-order valence-corrected chi connectivity index (χ2v) is 6.98. The predicted octanol–water partition coefficient (Wildman–Crippen LogP) is 2.55. The van der Waals surface area contributed by atoms with Gasteiger partial charge in [0.25, 0.3) is 0 Å². The number of amides is 2. The maximum absolute atomic E-state index is 12.2. The Labute approximate surface area is 123 Å². The van der Waals surface area contributed by atoms with Crippen molar-refractivity contribution in [3.8, 4) is 0 Å². The zero-order chi connectivity index (χ0) is 14.5. The van der Waals surface area contributed by atoms with Crippen molar-refractivity contribution in [2.45, 2.75) is 52.5 Å². The first-order chi connectivity index (χ1) is 9.56. The summed E-state index contributed by atoms with van der Waals surface area (Å²) in [5.41, 5.74) is 0. The van der Waals surface area contributed by atoms with Crippen LogP contribution >= 0.6 is 0 Å². The fraction of sp³-hybridized carbons (Fsp3) is 0.938. The number of rotatable bonds is 3. The molecule has 0 aromatic carbocycles. The standard InChI is InChI=1S/C16H31N3O/c1-13(2)18-8-5-7-15(12-18)10-17-16(20)19-9-4-6-14(3)11-19/h13-15H,4-12H2,1-3H3,(H,17,20)/t14-,15-/m0/s1. The van der Waals surface area contributed by atoms with Crippen LogP contribution in [-0.4, -0.2) is 54.6 Å². The summed E-state index contributed by atoms with van der Waals surface area (Å²) < 4.78 is 0. The lowest BCUT2D eigenvalue weighted by Crippen LogP contribution is -2.48. The fourth-order valence-corrected chi connectivity index (χ4v) is 3.45. The lowest BCUT2D eigenvalue weighted by Gasteiger charge is -2.36. The summed E-state index contributed by atoms with van der Waals surface area (Å²) in [5, 5.41) is 3.16. The first-order valence-electron chi connectivity index (χ1n) is 8.33. The van der Waals surface area contributed by atoms with Crippen LogP contribution in [-0.2, 0) is 0 Å². The molecule has 0 bridgehead atoms. The second kappa shape index (κ2) is 7.30. The van der Waals surface area contributed by atoms with Crippen LogP contribution in [0.5, 0.6) is 0 Å². The van der Waals surface area contributed by atoms with E-state index in [1.807, 2.05) is 4.90 Å². The van der Waals surface area contributed by atoms with Gasteiger partial charge in [0, 0.05) is 32.2 Å². The summed E-state index contributed by atoms with van der Waals surface area (Å²) >= 11 is 0. The molecule has 2 amide bonds. The number of hydrogen-bond acceptors (Lipinski definition) is 2. The zero-order valence-corrected chi connectivity index (χ0v) is 13.4. The van der Waals surface area contributed by atoms with Gasteiger partial charge < -0.3 is 15.1 Å². The summed E-state index contributed by atoms with van der Waals surface area (Å²) in [4.78, 5) is 16.7. The molecule has 2 saturated heterocycles. The van der Waals surface area contributed by atoms with Crippen molar-refractivity contribution in [1.29, 1.82) is 0 Å². The molecule has 20 heavy (non-hydrogen) atoms. The van der Waals surface area contributed by atoms with Crippen LogP contribution in [0.25, 0.3) is 0 Å². The van der Waals surface area contributed by atoms with E-state index in [-0.39, 0.29) is 6.03 Å². The molecule has 0 saturated carbocycles. The summed E-state index contributed by atoms with van der Waals surface area (Å²) in [5.74, 6) is 1.28. The van der Waals surface area contributed by atoms with Crippen molar-refractivity contribution >= 4 is 6.03 Å². The molecule has 0 aliphatic carbocycles. The molecule has 2 aliphatic heterocycles. The highest BCUT2D eigenvalue weighted by Crippen LogP contribution is 2.18.